The number of carbonyl (C=O) groups is 1. The van der Waals surface area contributed by atoms with Crippen molar-refractivity contribution >= 4 is 5.91 Å². The van der Waals surface area contributed by atoms with Crippen molar-refractivity contribution in [3.05, 3.63) is 0 Å². The molecular formula is C14H26N2O. The van der Waals surface area contributed by atoms with Crippen LogP contribution in [0.4, 0.5) is 0 Å². The van der Waals surface area contributed by atoms with E-state index in [0.29, 0.717) is 5.41 Å². The normalized spacial score (nSPS) is 25.9. The zero-order valence-electron chi connectivity index (χ0n) is 11.1. The molecule has 2 aliphatic rings. The lowest BCUT2D eigenvalue weighted by atomic mass is 9.68. The number of piperidine rings is 1. The van der Waals surface area contributed by atoms with Gasteiger partial charge in [0.05, 0.1) is 6.04 Å². The van der Waals surface area contributed by atoms with Gasteiger partial charge >= 0.3 is 0 Å². The molecule has 3 heteroatoms. The molecule has 1 saturated heterocycles. The van der Waals surface area contributed by atoms with Crippen LogP contribution in [0.1, 0.15) is 58.3 Å². The largest absolute Gasteiger partial charge is 0.341 e. The minimum atomic E-state index is -0.282. The molecule has 0 radical (unpaired) electrons. The van der Waals surface area contributed by atoms with Gasteiger partial charge in [-0.05, 0) is 37.5 Å². The average Bonchev–Trinajstić information content (AvgIpc) is 2.39. The Morgan fingerprint density at radius 3 is 2.29 bits per heavy atom. The maximum absolute atomic E-state index is 12.0. The van der Waals surface area contributed by atoms with Gasteiger partial charge in [0.15, 0.2) is 0 Å². The maximum atomic E-state index is 12.0. The summed E-state index contributed by atoms with van der Waals surface area (Å²) in [7, 11) is 0. The van der Waals surface area contributed by atoms with Gasteiger partial charge in [0.2, 0.25) is 5.91 Å². The van der Waals surface area contributed by atoms with E-state index in [1.807, 2.05) is 11.8 Å². The van der Waals surface area contributed by atoms with Gasteiger partial charge in [-0.25, -0.2) is 0 Å². The molecule has 98 valence electrons. The van der Waals surface area contributed by atoms with Gasteiger partial charge in [-0.1, -0.05) is 26.2 Å². The van der Waals surface area contributed by atoms with E-state index in [1.165, 1.54) is 44.9 Å². The van der Waals surface area contributed by atoms with E-state index in [-0.39, 0.29) is 11.9 Å². The van der Waals surface area contributed by atoms with E-state index in [1.54, 1.807) is 0 Å². The molecule has 3 nitrogen and oxygen atoms in total. The second-order valence-electron chi connectivity index (χ2n) is 5.90. The molecule has 0 aromatic rings. The third-order valence-electron chi connectivity index (χ3n) is 4.81. The first kappa shape index (κ1) is 12.9. The fourth-order valence-corrected chi connectivity index (χ4v) is 3.41. The number of carbonyl (C=O) groups excluding carboxylic acids is 1. The Morgan fingerprint density at radius 1 is 1.18 bits per heavy atom. The molecule has 2 N–H and O–H groups in total. The van der Waals surface area contributed by atoms with Crippen molar-refractivity contribution in [2.45, 2.75) is 64.3 Å². The Labute approximate surface area is 105 Å². The van der Waals surface area contributed by atoms with Crippen LogP contribution in [0.15, 0.2) is 0 Å². The number of hydrogen-bond donors (Lipinski definition) is 1. The molecule has 0 aromatic carbocycles. The van der Waals surface area contributed by atoms with E-state index in [4.69, 9.17) is 5.73 Å². The summed E-state index contributed by atoms with van der Waals surface area (Å²) in [5.74, 6) is 0.165. The third kappa shape index (κ3) is 2.82. The van der Waals surface area contributed by atoms with Crippen LogP contribution in [-0.2, 0) is 4.79 Å². The first-order valence-electron chi connectivity index (χ1n) is 7.21. The number of amides is 1. The molecule has 1 atom stereocenters. The minimum absolute atomic E-state index is 0.165. The van der Waals surface area contributed by atoms with Crippen molar-refractivity contribution in [3.8, 4) is 0 Å². The summed E-state index contributed by atoms with van der Waals surface area (Å²) < 4.78 is 0. The Bertz CT molecular complexity index is 261. The fourth-order valence-electron chi connectivity index (χ4n) is 3.41. The molecule has 1 aliphatic carbocycles. The summed E-state index contributed by atoms with van der Waals surface area (Å²) in [6.45, 7) is 3.86. The highest BCUT2D eigenvalue weighted by Gasteiger charge is 2.37. The van der Waals surface area contributed by atoms with Crippen LogP contribution in [-0.4, -0.2) is 29.9 Å². The van der Waals surface area contributed by atoms with Gasteiger partial charge in [0.1, 0.15) is 0 Å². The minimum Gasteiger partial charge on any atom is -0.341 e. The molecule has 1 spiro atoms. The highest BCUT2D eigenvalue weighted by Crippen LogP contribution is 2.44. The van der Waals surface area contributed by atoms with Crippen molar-refractivity contribution in [3.63, 3.8) is 0 Å². The zero-order chi connectivity index (χ0) is 12.3. The Hall–Kier alpha value is -0.570. The number of rotatable bonds is 2. The van der Waals surface area contributed by atoms with Gasteiger partial charge in [0.25, 0.3) is 0 Å². The van der Waals surface area contributed by atoms with Gasteiger partial charge in [-0.15, -0.1) is 0 Å². The summed E-state index contributed by atoms with van der Waals surface area (Å²) in [5, 5.41) is 0. The maximum Gasteiger partial charge on any atom is 0.239 e. The number of likely N-dealkylation sites (tertiary alicyclic amines) is 1. The summed E-state index contributed by atoms with van der Waals surface area (Å²) in [6, 6.07) is -0.282. The highest BCUT2D eigenvalue weighted by molar-refractivity contribution is 5.81. The number of nitrogens with zero attached hydrogens (tertiary/aromatic N) is 1. The lowest BCUT2D eigenvalue weighted by Gasteiger charge is -2.44. The summed E-state index contributed by atoms with van der Waals surface area (Å²) in [4.78, 5) is 14.0. The predicted molar refractivity (Wildman–Crippen MR) is 69.6 cm³/mol. The van der Waals surface area contributed by atoms with E-state index in [2.05, 4.69) is 0 Å². The topological polar surface area (TPSA) is 46.3 Å². The van der Waals surface area contributed by atoms with Crippen LogP contribution in [0, 0.1) is 5.41 Å². The van der Waals surface area contributed by atoms with E-state index < -0.39 is 0 Å². The molecule has 1 saturated carbocycles. The molecular weight excluding hydrogens is 212 g/mol. The van der Waals surface area contributed by atoms with Gasteiger partial charge in [-0.3, -0.25) is 4.79 Å². The van der Waals surface area contributed by atoms with Crippen LogP contribution in [0.5, 0.6) is 0 Å². The van der Waals surface area contributed by atoms with E-state index in [0.717, 1.165) is 19.5 Å². The summed E-state index contributed by atoms with van der Waals surface area (Å²) in [6.07, 6.45) is 10.1. The van der Waals surface area contributed by atoms with Crippen molar-refractivity contribution < 1.29 is 4.79 Å². The second-order valence-corrected chi connectivity index (χ2v) is 5.90. The average molecular weight is 238 g/mol. The summed E-state index contributed by atoms with van der Waals surface area (Å²) >= 11 is 0. The van der Waals surface area contributed by atoms with Crippen LogP contribution in [0.2, 0.25) is 0 Å². The van der Waals surface area contributed by atoms with Crippen molar-refractivity contribution in [1.29, 1.82) is 0 Å². The Kier molecular flexibility index (Phi) is 4.08. The third-order valence-corrected chi connectivity index (χ3v) is 4.81. The smallest absolute Gasteiger partial charge is 0.239 e. The Morgan fingerprint density at radius 2 is 1.76 bits per heavy atom. The standard InChI is InChI=1S/C14H26N2O/c1-2-12(15)13(17)16-10-8-14(9-11-16)6-4-3-5-7-14/h12H,2-11,15H2,1H3/t12-/m0/s1. The summed E-state index contributed by atoms with van der Waals surface area (Å²) in [5.41, 5.74) is 6.40. The lowest BCUT2D eigenvalue weighted by Crippen LogP contribution is -2.49. The first-order valence-corrected chi connectivity index (χ1v) is 7.21. The van der Waals surface area contributed by atoms with E-state index in [9.17, 15) is 4.79 Å². The molecule has 0 aromatic heterocycles. The van der Waals surface area contributed by atoms with Crippen LogP contribution in [0.3, 0.4) is 0 Å². The quantitative estimate of drug-likeness (QED) is 0.802. The molecule has 2 fully saturated rings. The second kappa shape index (κ2) is 5.38. The molecule has 0 unspecified atom stereocenters. The molecule has 17 heavy (non-hydrogen) atoms. The molecule has 1 heterocycles. The van der Waals surface area contributed by atoms with Gasteiger partial charge < -0.3 is 10.6 Å². The highest BCUT2D eigenvalue weighted by atomic mass is 16.2. The SMILES string of the molecule is CC[C@H](N)C(=O)N1CCC2(CCCCC2)CC1. The molecule has 1 amide bonds. The van der Waals surface area contributed by atoms with Crippen molar-refractivity contribution in [2.75, 3.05) is 13.1 Å². The number of nitrogens with two attached hydrogens (primary N) is 1. The predicted octanol–water partition coefficient (Wildman–Crippen LogP) is 2.30. The van der Waals surface area contributed by atoms with Gasteiger partial charge in [0, 0.05) is 13.1 Å². The van der Waals surface area contributed by atoms with E-state index >= 15 is 0 Å². The van der Waals surface area contributed by atoms with Crippen LogP contribution >= 0.6 is 0 Å². The van der Waals surface area contributed by atoms with Crippen molar-refractivity contribution in [1.82, 2.24) is 4.90 Å². The van der Waals surface area contributed by atoms with Crippen LogP contribution < -0.4 is 5.73 Å². The van der Waals surface area contributed by atoms with Crippen molar-refractivity contribution in [2.24, 2.45) is 11.1 Å². The van der Waals surface area contributed by atoms with Gasteiger partial charge in [-0.2, -0.15) is 0 Å². The zero-order valence-corrected chi connectivity index (χ0v) is 11.1. The Balaban J connectivity index is 1.87. The monoisotopic (exact) mass is 238 g/mol. The number of hydrogen-bond acceptors (Lipinski definition) is 2. The van der Waals surface area contributed by atoms with Crippen LogP contribution in [0.25, 0.3) is 0 Å². The fraction of sp³-hybridized carbons (Fsp3) is 0.929. The first-order chi connectivity index (χ1) is 8.17. The molecule has 1 aliphatic heterocycles. The molecule has 2 rings (SSSR count). The lowest BCUT2D eigenvalue weighted by molar-refractivity contribution is -0.135. The molecule has 0 bridgehead atoms.